The standard InChI is InChI=1S/C21H36N4O.HI/c1-5-6-13-25-14-10-19(11-15-25)24-21(22-3)23-12-9-18-8-7-17(2)20(16-18)26-4;/h7-8,16,19H,5-6,9-15H2,1-4H3,(H2,22,23,24);1H. The third-order valence-electron chi connectivity index (χ3n) is 5.16. The second-order valence-corrected chi connectivity index (χ2v) is 7.17. The van der Waals surface area contributed by atoms with Crippen LogP contribution in [0.1, 0.15) is 43.7 Å². The second-order valence-electron chi connectivity index (χ2n) is 7.17. The van der Waals surface area contributed by atoms with Crippen LogP contribution in [0, 0.1) is 6.92 Å². The van der Waals surface area contributed by atoms with Gasteiger partial charge in [0.05, 0.1) is 7.11 Å². The first-order valence-electron chi connectivity index (χ1n) is 9.99. The first kappa shape index (κ1) is 24.0. The van der Waals surface area contributed by atoms with Gasteiger partial charge in [-0.3, -0.25) is 4.99 Å². The molecule has 5 nitrogen and oxygen atoms in total. The van der Waals surface area contributed by atoms with E-state index in [0.717, 1.165) is 24.7 Å². The smallest absolute Gasteiger partial charge is 0.191 e. The number of piperidine rings is 1. The molecule has 1 aromatic rings. The second kappa shape index (κ2) is 13.2. The molecule has 6 heteroatoms. The largest absolute Gasteiger partial charge is 0.496 e. The highest BCUT2D eigenvalue weighted by Crippen LogP contribution is 2.19. The summed E-state index contributed by atoms with van der Waals surface area (Å²) in [5.74, 6) is 1.87. The van der Waals surface area contributed by atoms with E-state index in [-0.39, 0.29) is 24.0 Å². The summed E-state index contributed by atoms with van der Waals surface area (Å²) in [6, 6.07) is 6.94. The number of aliphatic imine (C=N–C) groups is 1. The van der Waals surface area contributed by atoms with Crippen molar-refractivity contribution in [2.45, 2.75) is 52.0 Å². The van der Waals surface area contributed by atoms with Gasteiger partial charge in [0, 0.05) is 32.7 Å². The summed E-state index contributed by atoms with van der Waals surface area (Å²) in [6.07, 6.45) is 5.93. The minimum absolute atomic E-state index is 0. The van der Waals surface area contributed by atoms with Crippen LogP contribution in [0.2, 0.25) is 0 Å². The average Bonchev–Trinajstić information content (AvgIpc) is 2.67. The molecule has 154 valence electrons. The summed E-state index contributed by atoms with van der Waals surface area (Å²) < 4.78 is 5.41. The summed E-state index contributed by atoms with van der Waals surface area (Å²) in [6.45, 7) is 8.82. The molecule has 27 heavy (non-hydrogen) atoms. The number of hydrogen-bond acceptors (Lipinski definition) is 3. The number of likely N-dealkylation sites (tertiary alicyclic amines) is 1. The van der Waals surface area contributed by atoms with E-state index in [1.54, 1.807) is 7.11 Å². The summed E-state index contributed by atoms with van der Waals surface area (Å²) in [4.78, 5) is 6.97. The van der Waals surface area contributed by atoms with Crippen molar-refractivity contribution in [2.24, 2.45) is 4.99 Å². The first-order valence-corrected chi connectivity index (χ1v) is 9.99. The predicted octanol–water partition coefficient (Wildman–Crippen LogP) is 3.59. The molecule has 1 aliphatic heterocycles. The molecule has 0 aromatic heterocycles. The zero-order valence-electron chi connectivity index (χ0n) is 17.4. The Morgan fingerprint density at radius 2 is 2.04 bits per heavy atom. The molecule has 1 heterocycles. The number of halogens is 1. The Balaban J connectivity index is 0.00000364. The highest BCUT2D eigenvalue weighted by Gasteiger charge is 2.19. The van der Waals surface area contributed by atoms with Gasteiger partial charge >= 0.3 is 0 Å². The number of guanidine groups is 1. The van der Waals surface area contributed by atoms with E-state index in [0.29, 0.717) is 6.04 Å². The Labute approximate surface area is 182 Å². The summed E-state index contributed by atoms with van der Waals surface area (Å²) in [5, 5.41) is 7.03. The van der Waals surface area contributed by atoms with Crippen molar-refractivity contribution in [3.05, 3.63) is 29.3 Å². The van der Waals surface area contributed by atoms with E-state index < -0.39 is 0 Å². The zero-order valence-corrected chi connectivity index (χ0v) is 19.7. The molecular formula is C21H37IN4O. The molecule has 0 bridgehead atoms. The number of nitrogens with zero attached hydrogens (tertiary/aromatic N) is 2. The number of unbranched alkanes of at least 4 members (excludes halogenated alkanes) is 1. The Morgan fingerprint density at radius 3 is 2.67 bits per heavy atom. The van der Waals surface area contributed by atoms with Crippen molar-refractivity contribution >= 4 is 29.9 Å². The lowest BCUT2D eigenvalue weighted by Crippen LogP contribution is -2.49. The van der Waals surface area contributed by atoms with E-state index in [1.807, 2.05) is 7.05 Å². The highest BCUT2D eigenvalue weighted by molar-refractivity contribution is 14.0. The molecule has 0 amide bonds. The van der Waals surface area contributed by atoms with Crippen LogP contribution in [0.25, 0.3) is 0 Å². The number of benzene rings is 1. The van der Waals surface area contributed by atoms with Crippen LogP contribution in [-0.2, 0) is 6.42 Å². The van der Waals surface area contributed by atoms with E-state index >= 15 is 0 Å². The van der Waals surface area contributed by atoms with Crippen molar-refractivity contribution in [3.8, 4) is 5.75 Å². The van der Waals surface area contributed by atoms with E-state index in [9.17, 15) is 0 Å². The Hall–Kier alpha value is -1.02. The molecule has 0 atom stereocenters. The lowest BCUT2D eigenvalue weighted by Gasteiger charge is -2.33. The van der Waals surface area contributed by atoms with Crippen LogP contribution < -0.4 is 15.4 Å². The molecule has 2 N–H and O–H groups in total. The Kier molecular flexibility index (Phi) is 11.7. The molecule has 1 aliphatic rings. The molecular weight excluding hydrogens is 451 g/mol. The Bertz CT molecular complexity index is 571. The fourth-order valence-corrected chi connectivity index (χ4v) is 3.42. The molecule has 0 aliphatic carbocycles. The molecule has 1 fully saturated rings. The third-order valence-corrected chi connectivity index (χ3v) is 5.16. The molecule has 1 saturated heterocycles. The van der Waals surface area contributed by atoms with Gasteiger partial charge in [-0.25, -0.2) is 0 Å². The number of aryl methyl sites for hydroxylation is 1. The van der Waals surface area contributed by atoms with Crippen LogP contribution in [0.15, 0.2) is 23.2 Å². The van der Waals surface area contributed by atoms with E-state index in [1.165, 1.54) is 56.4 Å². The topological polar surface area (TPSA) is 48.9 Å². The van der Waals surface area contributed by atoms with Crippen molar-refractivity contribution in [3.63, 3.8) is 0 Å². The molecule has 2 rings (SSSR count). The van der Waals surface area contributed by atoms with Gasteiger partial charge in [0.15, 0.2) is 5.96 Å². The molecule has 0 radical (unpaired) electrons. The quantitative estimate of drug-likeness (QED) is 0.334. The molecule has 1 aromatic carbocycles. The molecule has 0 unspecified atom stereocenters. The SMILES string of the molecule is CCCCN1CCC(NC(=NC)NCCc2ccc(C)c(OC)c2)CC1.I. The first-order chi connectivity index (χ1) is 12.7. The van der Waals surface area contributed by atoms with Crippen LogP contribution in [0.4, 0.5) is 0 Å². The van der Waals surface area contributed by atoms with Gasteiger partial charge in [-0.05, 0) is 56.3 Å². The summed E-state index contributed by atoms with van der Waals surface area (Å²) in [5.41, 5.74) is 2.45. The van der Waals surface area contributed by atoms with Crippen LogP contribution >= 0.6 is 24.0 Å². The fourth-order valence-electron chi connectivity index (χ4n) is 3.42. The number of nitrogens with one attached hydrogen (secondary N) is 2. The zero-order chi connectivity index (χ0) is 18.8. The van der Waals surface area contributed by atoms with Gasteiger partial charge in [-0.2, -0.15) is 0 Å². The van der Waals surface area contributed by atoms with Crippen molar-refractivity contribution in [1.82, 2.24) is 15.5 Å². The van der Waals surface area contributed by atoms with Crippen LogP contribution in [-0.4, -0.2) is 57.2 Å². The number of hydrogen-bond donors (Lipinski definition) is 2. The predicted molar refractivity (Wildman–Crippen MR) is 126 cm³/mol. The lowest BCUT2D eigenvalue weighted by atomic mass is 10.0. The van der Waals surface area contributed by atoms with Crippen LogP contribution in [0.3, 0.4) is 0 Å². The van der Waals surface area contributed by atoms with Crippen molar-refractivity contribution in [1.29, 1.82) is 0 Å². The number of ether oxygens (including phenoxy) is 1. The van der Waals surface area contributed by atoms with Crippen molar-refractivity contribution < 1.29 is 4.74 Å². The van der Waals surface area contributed by atoms with Gasteiger partial charge in [0.2, 0.25) is 0 Å². The van der Waals surface area contributed by atoms with E-state index in [2.05, 4.69) is 52.6 Å². The van der Waals surface area contributed by atoms with Gasteiger partial charge < -0.3 is 20.3 Å². The van der Waals surface area contributed by atoms with E-state index in [4.69, 9.17) is 4.74 Å². The Morgan fingerprint density at radius 1 is 1.30 bits per heavy atom. The molecule has 0 spiro atoms. The van der Waals surface area contributed by atoms with Gasteiger partial charge in [0.25, 0.3) is 0 Å². The summed E-state index contributed by atoms with van der Waals surface area (Å²) >= 11 is 0. The minimum Gasteiger partial charge on any atom is -0.496 e. The maximum Gasteiger partial charge on any atom is 0.191 e. The highest BCUT2D eigenvalue weighted by atomic mass is 127. The monoisotopic (exact) mass is 488 g/mol. The number of rotatable bonds is 8. The average molecular weight is 488 g/mol. The third kappa shape index (κ3) is 8.25. The maximum atomic E-state index is 5.41. The number of methoxy groups -OCH3 is 1. The van der Waals surface area contributed by atoms with Crippen LogP contribution in [0.5, 0.6) is 5.75 Å². The lowest BCUT2D eigenvalue weighted by molar-refractivity contribution is 0.203. The fraction of sp³-hybridized carbons (Fsp3) is 0.667. The van der Waals surface area contributed by atoms with Gasteiger partial charge in [-0.1, -0.05) is 25.5 Å². The van der Waals surface area contributed by atoms with Crippen molar-refractivity contribution in [2.75, 3.05) is 40.3 Å². The summed E-state index contributed by atoms with van der Waals surface area (Å²) in [7, 11) is 3.57. The minimum atomic E-state index is 0. The molecule has 0 saturated carbocycles. The van der Waals surface area contributed by atoms with Gasteiger partial charge in [0.1, 0.15) is 5.75 Å². The maximum absolute atomic E-state index is 5.41. The van der Waals surface area contributed by atoms with Gasteiger partial charge in [-0.15, -0.1) is 24.0 Å². The normalized spacial score (nSPS) is 15.9.